The Morgan fingerprint density at radius 2 is 1.55 bits per heavy atom. The van der Waals surface area contributed by atoms with Crippen LogP contribution in [0.1, 0.15) is 27.5 Å². The number of nitrogens with one attached hydrogen (secondary N) is 1. The number of amides is 2. The quantitative estimate of drug-likeness (QED) is 0.590. The number of rotatable bonds is 6. The first-order valence-electron chi connectivity index (χ1n) is 10.9. The zero-order valence-corrected chi connectivity index (χ0v) is 18.8. The Morgan fingerprint density at radius 3 is 2.21 bits per heavy atom. The number of piperazine rings is 1. The topological polar surface area (TPSA) is 52.7 Å². The van der Waals surface area contributed by atoms with E-state index in [9.17, 15) is 14.0 Å². The second-order valence-corrected chi connectivity index (χ2v) is 8.38. The molecule has 1 atom stereocenters. The molecule has 170 valence electrons. The highest BCUT2D eigenvalue weighted by atomic mass is 35.5. The Bertz CT molecular complexity index is 1100. The van der Waals surface area contributed by atoms with Gasteiger partial charge in [0.15, 0.2) is 0 Å². The molecule has 0 spiro atoms. The van der Waals surface area contributed by atoms with Crippen molar-refractivity contribution in [3.8, 4) is 0 Å². The Hall–Kier alpha value is -3.22. The second-order valence-electron chi connectivity index (χ2n) is 7.97. The van der Waals surface area contributed by atoms with Crippen LogP contribution in [0.15, 0.2) is 78.9 Å². The minimum Gasteiger partial charge on any atom is -0.350 e. The summed E-state index contributed by atoms with van der Waals surface area (Å²) in [7, 11) is 0. The van der Waals surface area contributed by atoms with Gasteiger partial charge in [-0.25, -0.2) is 4.39 Å². The summed E-state index contributed by atoms with van der Waals surface area (Å²) >= 11 is 6.12. The molecule has 5 nitrogen and oxygen atoms in total. The maximum absolute atomic E-state index is 13.6. The summed E-state index contributed by atoms with van der Waals surface area (Å²) in [5, 5.41) is 3.28. The van der Waals surface area contributed by atoms with Gasteiger partial charge in [-0.15, -0.1) is 0 Å². The molecule has 1 heterocycles. The molecule has 1 aliphatic rings. The zero-order chi connectivity index (χ0) is 23.2. The second kappa shape index (κ2) is 10.6. The van der Waals surface area contributed by atoms with Crippen molar-refractivity contribution >= 4 is 23.4 Å². The van der Waals surface area contributed by atoms with Gasteiger partial charge in [-0.05, 0) is 29.3 Å². The van der Waals surface area contributed by atoms with E-state index in [0.717, 1.165) is 11.1 Å². The van der Waals surface area contributed by atoms with Gasteiger partial charge in [0.05, 0.1) is 10.6 Å². The lowest BCUT2D eigenvalue weighted by molar-refractivity contribution is -0.127. The van der Waals surface area contributed by atoms with Crippen LogP contribution in [-0.2, 0) is 11.3 Å². The molecule has 0 unspecified atom stereocenters. The van der Waals surface area contributed by atoms with E-state index in [1.165, 1.54) is 18.2 Å². The van der Waals surface area contributed by atoms with Crippen molar-refractivity contribution in [1.82, 2.24) is 15.1 Å². The van der Waals surface area contributed by atoms with Gasteiger partial charge in [-0.1, -0.05) is 72.3 Å². The van der Waals surface area contributed by atoms with Crippen LogP contribution in [0.3, 0.4) is 0 Å². The molecule has 7 heteroatoms. The van der Waals surface area contributed by atoms with E-state index in [4.69, 9.17) is 11.6 Å². The molecule has 0 bridgehead atoms. The Kier molecular flexibility index (Phi) is 7.37. The molecule has 0 aliphatic carbocycles. The predicted octanol–water partition coefficient (Wildman–Crippen LogP) is 4.29. The third kappa shape index (κ3) is 5.59. The minimum absolute atomic E-state index is 0.0852. The van der Waals surface area contributed by atoms with Gasteiger partial charge in [0.1, 0.15) is 11.9 Å². The van der Waals surface area contributed by atoms with Gasteiger partial charge in [0, 0.05) is 32.7 Å². The summed E-state index contributed by atoms with van der Waals surface area (Å²) < 4.78 is 13.6. The monoisotopic (exact) mass is 465 g/mol. The molecular formula is C26H25ClFN3O2. The Labute approximate surface area is 197 Å². The SMILES string of the molecule is O=C(NCc1ccccc1)[C@@H](c1ccccc1)N1CCN(C(=O)c2cc(F)ccc2Cl)CC1. The molecule has 2 amide bonds. The molecule has 1 fully saturated rings. The maximum Gasteiger partial charge on any atom is 0.255 e. The summed E-state index contributed by atoms with van der Waals surface area (Å²) in [5.41, 5.74) is 2.08. The summed E-state index contributed by atoms with van der Waals surface area (Å²) in [6.07, 6.45) is 0. The van der Waals surface area contributed by atoms with Crippen LogP contribution in [-0.4, -0.2) is 47.8 Å². The van der Waals surface area contributed by atoms with Crippen molar-refractivity contribution in [3.63, 3.8) is 0 Å². The van der Waals surface area contributed by atoms with Gasteiger partial charge < -0.3 is 10.2 Å². The Morgan fingerprint density at radius 1 is 0.909 bits per heavy atom. The van der Waals surface area contributed by atoms with E-state index in [2.05, 4.69) is 10.2 Å². The van der Waals surface area contributed by atoms with Gasteiger partial charge in [0.2, 0.25) is 5.91 Å². The van der Waals surface area contributed by atoms with Crippen LogP contribution >= 0.6 is 11.6 Å². The van der Waals surface area contributed by atoms with E-state index in [0.29, 0.717) is 32.7 Å². The molecule has 3 aromatic rings. The molecule has 0 radical (unpaired) electrons. The minimum atomic E-state index is -0.499. The summed E-state index contributed by atoms with van der Waals surface area (Å²) in [5.74, 6) is -0.887. The first-order chi connectivity index (χ1) is 16.0. The number of benzene rings is 3. The molecule has 0 aromatic heterocycles. The normalized spacial score (nSPS) is 15.2. The average Bonchev–Trinajstić information content (AvgIpc) is 2.86. The fraction of sp³-hybridized carbons (Fsp3) is 0.231. The van der Waals surface area contributed by atoms with Crippen molar-refractivity contribution in [1.29, 1.82) is 0 Å². The maximum atomic E-state index is 13.6. The van der Waals surface area contributed by atoms with Crippen molar-refractivity contribution in [3.05, 3.63) is 106 Å². The van der Waals surface area contributed by atoms with Gasteiger partial charge in [-0.3, -0.25) is 14.5 Å². The van der Waals surface area contributed by atoms with Crippen LogP contribution < -0.4 is 5.32 Å². The van der Waals surface area contributed by atoms with Crippen molar-refractivity contribution in [2.75, 3.05) is 26.2 Å². The van der Waals surface area contributed by atoms with Gasteiger partial charge in [0.25, 0.3) is 5.91 Å². The fourth-order valence-electron chi connectivity index (χ4n) is 4.06. The highest BCUT2D eigenvalue weighted by Crippen LogP contribution is 2.25. The lowest BCUT2D eigenvalue weighted by Crippen LogP contribution is -2.52. The standard InChI is InChI=1S/C26H25ClFN3O2/c27-23-12-11-21(28)17-22(23)26(33)31-15-13-30(14-16-31)24(20-9-5-2-6-10-20)25(32)29-18-19-7-3-1-4-8-19/h1-12,17,24H,13-16,18H2,(H,29,32)/t24-/m1/s1. The average molecular weight is 466 g/mol. The van der Waals surface area contributed by atoms with Crippen LogP contribution in [0.5, 0.6) is 0 Å². The highest BCUT2D eigenvalue weighted by Gasteiger charge is 2.32. The Balaban J connectivity index is 1.45. The lowest BCUT2D eigenvalue weighted by Gasteiger charge is -2.39. The van der Waals surface area contributed by atoms with Crippen LogP contribution in [0.25, 0.3) is 0 Å². The van der Waals surface area contributed by atoms with E-state index >= 15 is 0 Å². The van der Waals surface area contributed by atoms with Crippen LogP contribution in [0.2, 0.25) is 5.02 Å². The number of hydrogen-bond acceptors (Lipinski definition) is 3. The molecular weight excluding hydrogens is 441 g/mol. The number of hydrogen-bond donors (Lipinski definition) is 1. The van der Waals surface area contributed by atoms with Crippen LogP contribution in [0, 0.1) is 5.82 Å². The van der Waals surface area contributed by atoms with Gasteiger partial charge >= 0.3 is 0 Å². The summed E-state index contributed by atoms with van der Waals surface area (Å²) in [4.78, 5) is 29.9. The fourth-order valence-corrected chi connectivity index (χ4v) is 4.26. The van der Waals surface area contributed by atoms with E-state index < -0.39 is 11.9 Å². The molecule has 33 heavy (non-hydrogen) atoms. The van der Waals surface area contributed by atoms with Gasteiger partial charge in [-0.2, -0.15) is 0 Å². The van der Waals surface area contributed by atoms with E-state index in [1.807, 2.05) is 60.7 Å². The van der Waals surface area contributed by atoms with Crippen molar-refractivity contribution < 1.29 is 14.0 Å². The summed E-state index contributed by atoms with van der Waals surface area (Å²) in [6.45, 7) is 2.30. The largest absolute Gasteiger partial charge is 0.350 e. The highest BCUT2D eigenvalue weighted by molar-refractivity contribution is 6.33. The first-order valence-corrected chi connectivity index (χ1v) is 11.3. The predicted molar refractivity (Wildman–Crippen MR) is 126 cm³/mol. The third-order valence-electron chi connectivity index (χ3n) is 5.80. The molecule has 4 rings (SSSR count). The van der Waals surface area contributed by atoms with Crippen LogP contribution in [0.4, 0.5) is 4.39 Å². The van der Waals surface area contributed by atoms with Crippen molar-refractivity contribution in [2.45, 2.75) is 12.6 Å². The number of nitrogens with zero attached hydrogens (tertiary/aromatic N) is 2. The lowest BCUT2D eigenvalue weighted by atomic mass is 10.0. The van der Waals surface area contributed by atoms with E-state index in [1.54, 1.807) is 4.90 Å². The van der Waals surface area contributed by atoms with E-state index in [-0.39, 0.29) is 22.4 Å². The molecule has 0 saturated carbocycles. The van der Waals surface area contributed by atoms with Crippen molar-refractivity contribution in [2.24, 2.45) is 0 Å². The first kappa shape index (κ1) is 23.0. The molecule has 1 saturated heterocycles. The third-order valence-corrected chi connectivity index (χ3v) is 6.13. The molecule has 3 aromatic carbocycles. The number of carbonyl (C=O) groups excluding carboxylic acids is 2. The molecule has 1 N–H and O–H groups in total. The zero-order valence-electron chi connectivity index (χ0n) is 18.1. The summed E-state index contributed by atoms with van der Waals surface area (Å²) in [6, 6.07) is 22.7. The number of halogens is 2. The number of carbonyl (C=O) groups is 2. The smallest absolute Gasteiger partial charge is 0.255 e. The molecule has 1 aliphatic heterocycles.